The van der Waals surface area contributed by atoms with Crippen LogP contribution < -0.4 is 14.9 Å². The molecular formula is C27H22O8. The summed E-state index contributed by atoms with van der Waals surface area (Å²) in [6.45, 7) is 3.79. The number of benzene rings is 3. The number of rotatable bonds is 4. The fourth-order valence-corrected chi connectivity index (χ4v) is 4.37. The minimum Gasteiger partial charge on any atom is -0.507 e. The third kappa shape index (κ3) is 3.93. The summed E-state index contributed by atoms with van der Waals surface area (Å²) in [6, 6.07) is 13.8. The Morgan fingerprint density at radius 3 is 2.46 bits per heavy atom. The predicted octanol–water partition coefficient (Wildman–Crippen LogP) is 4.81. The number of phenols is 3. The van der Waals surface area contributed by atoms with Crippen LogP contribution in [0.5, 0.6) is 28.7 Å². The maximum atomic E-state index is 13.1. The van der Waals surface area contributed by atoms with Gasteiger partial charge in [0.05, 0.1) is 12.5 Å². The van der Waals surface area contributed by atoms with E-state index in [4.69, 9.17) is 13.9 Å². The molecule has 1 aliphatic rings. The molecule has 178 valence electrons. The quantitative estimate of drug-likeness (QED) is 0.219. The molecule has 8 nitrogen and oxygen atoms in total. The first-order chi connectivity index (χ1) is 16.7. The Labute approximate surface area is 199 Å². The Kier molecular flexibility index (Phi) is 5.36. The third-order valence-electron chi connectivity index (χ3n) is 5.84. The van der Waals surface area contributed by atoms with Crippen LogP contribution in [0, 0.1) is 0 Å². The minimum absolute atomic E-state index is 0.0285. The molecule has 35 heavy (non-hydrogen) atoms. The highest BCUT2D eigenvalue weighted by Gasteiger charge is 2.35. The van der Waals surface area contributed by atoms with Gasteiger partial charge in [0.2, 0.25) is 0 Å². The van der Waals surface area contributed by atoms with Gasteiger partial charge in [0.15, 0.2) is 16.9 Å². The van der Waals surface area contributed by atoms with Gasteiger partial charge in [-0.15, -0.1) is 0 Å². The molecule has 1 aliphatic heterocycles. The molecule has 0 amide bonds. The smallest absolute Gasteiger partial charge is 0.312 e. The number of carbonyl (C=O) groups excluding carboxylic acids is 1. The van der Waals surface area contributed by atoms with Gasteiger partial charge >= 0.3 is 5.97 Å². The third-order valence-corrected chi connectivity index (χ3v) is 5.84. The Bertz CT molecular complexity index is 1530. The normalized spacial score (nSPS) is 15.2. The number of para-hydroxylation sites is 1. The molecular weight excluding hydrogens is 452 g/mol. The van der Waals surface area contributed by atoms with E-state index in [9.17, 15) is 24.9 Å². The second-order valence-corrected chi connectivity index (χ2v) is 8.63. The number of hydrogen-bond donors (Lipinski definition) is 3. The topological polar surface area (TPSA) is 126 Å². The molecule has 8 heteroatoms. The predicted molar refractivity (Wildman–Crippen MR) is 127 cm³/mol. The number of carbonyl (C=O) groups is 1. The van der Waals surface area contributed by atoms with Crippen molar-refractivity contribution in [2.45, 2.75) is 32.3 Å². The summed E-state index contributed by atoms with van der Waals surface area (Å²) in [6.07, 6.45) is -0.145. The molecule has 3 aromatic carbocycles. The summed E-state index contributed by atoms with van der Waals surface area (Å²) in [5.41, 5.74) is 1.02. The Hall–Kier alpha value is -4.46. The van der Waals surface area contributed by atoms with Crippen LogP contribution in [-0.2, 0) is 4.79 Å². The molecule has 0 bridgehead atoms. The van der Waals surface area contributed by atoms with Crippen molar-refractivity contribution in [3.63, 3.8) is 0 Å². The summed E-state index contributed by atoms with van der Waals surface area (Å²) in [5, 5.41) is 30.1. The van der Waals surface area contributed by atoms with E-state index in [-0.39, 0.29) is 52.3 Å². The van der Waals surface area contributed by atoms with Gasteiger partial charge in [-0.3, -0.25) is 9.59 Å². The molecule has 1 atom stereocenters. The number of phenolic OH excluding ortho intramolecular Hbond substituents is 3. The average molecular weight is 474 g/mol. The van der Waals surface area contributed by atoms with E-state index in [2.05, 4.69) is 0 Å². The largest absolute Gasteiger partial charge is 0.507 e. The van der Waals surface area contributed by atoms with Crippen LogP contribution in [0.4, 0.5) is 0 Å². The van der Waals surface area contributed by atoms with Crippen molar-refractivity contribution in [1.29, 1.82) is 0 Å². The van der Waals surface area contributed by atoms with E-state index < -0.39 is 17.3 Å². The Balaban J connectivity index is 1.80. The number of aromatic hydroxyl groups is 3. The highest BCUT2D eigenvalue weighted by atomic mass is 16.5. The number of fused-ring (bicyclic) bond motifs is 3. The minimum atomic E-state index is -0.573. The summed E-state index contributed by atoms with van der Waals surface area (Å²) >= 11 is 0. The molecule has 3 N–H and O–H groups in total. The van der Waals surface area contributed by atoms with E-state index in [1.165, 1.54) is 30.3 Å². The second kappa shape index (κ2) is 8.39. The number of hydrogen-bond acceptors (Lipinski definition) is 8. The second-order valence-electron chi connectivity index (χ2n) is 8.63. The van der Waals surface area contributed by atoms with Gasteiger partial charge in [-0.1, -0.05) is 18.2 Å². The van der Waals surface area contributed by atoms with E-state index in [0.717, 1.165) is 0 Å². The van der Waals surface area contributed by atoms with Gasteiger partial charge in [0, 0.05) is 34.7 Å². The summed E-state index contributed by atoms with van der Waals surface area (Å²) < 4.78 is 17.5. The summed E-state index contributed by atoms with van der Waals surface area (Å²) in [4.78, 5) is 25.6. The van der Waals surface area contributed by atoms with Gasteiger partial charge in [0.25, 0.3) is 0 Å². The van der Waals surface area contributed by atoms with Crippen LogP contribution in [0.25, 0.3) is 22.3 Å². The fraction of sp³-hybridized carbons (Fsp3) is 0.185. The lowest BCUT2D eigenvalue weighted by Crippen LogP contribution is -2.22. The van der Waals surface area contributed by atoms with E-state index in [1.54, 1.807) is 6.07 Å². The molecule has 0 unspecified atom stereocenters. The molecule has 2 heterocycles. The highest BCUT2D eigenvalue weighted by molar-refractivity contribution is 5.93. The maximum absolute atomic E-state index is 13.1. The van der Waals surface area contributed by atoms with Crippen molar-refractivity contribution in [1.82, 2.24) is 0 Å². The molecule has 0 aliphatic carbocycles. The van der Waals surface area contributed by atoms with Crippen LogP contribution in [0.2, 0.25) is 0 Å². The van der Waals surface area contributed by atoms with Gasteiger partial charge in [-0.05, 0) is 38.1 Å². The summed E-state index contributed by atoms with van der Waals surface area (Å²) in [5.74, 6) is -1.38. The first kappa shape index (κ1) is 22.3. The van der Waals surface area contributed by atoms with Crippen molar-refractivity contribution >= 4 is 16.9 Å². The molecule has 5 rings (SSSR count). The Morgan fingerprint density at radius 1 is 0.943 bits per heavy atom. The summed E-state index contributed by atoms with van der Waals surface area (Å²) in [7, 11) is 0. The van der Waals surface area contributed by atoms with Crippen molar-refractivity contribution in [3.05, 3.63) is 75.9 Å². The van der Waals surface area contributed by atoms with Crippen molar-refractivity contribution < 1.29 is 34.0 Å². The van der Waals surface area contributed by atoms with Crippen LogP contribution in [-0.4, -0.2) is 27.4 Å². The van der Waals surface area contributed by atoms with Crippen molar-refractivity contribution in [2.75, 3.05) is 0 Å². The zero-order valence-electron chi connectivity index (χ0n) is 18.9. The lowest BCUT2D eigenvalue weighted by molar-refractivity contribution is -0.135. The SMILES string of the molecule is CC(C)Oc1ccccc1[C@H]1CC(=O)Oc2cc(O)c3c(=O)cc(-c4ccc(O)c(O)c4)oc3c21. The number of ether oxygens (including phenoxy) is 2. The molecule has 1 aromatic heterocycles. The molecule has 4 aromatic rings. The molecule has 0 saturated carbocycles. The van der Waals surface area contributed by atoms with Gasteiger partial charge in [-0.2, -0.15) is 0 Å². The molecule has 0 saturated heterocycles. The van der Waals surface area contributed by atoms with Gasteiger partial charge in [0.1, 0.15) is 34.0 Å². The fourth-order valence-electron chi connectivity index (χ4n) is 4.37. The van der Waals surface area contributed by atoms with Crippen molar-refractivity contribution in [2.24, 2.45) is 0 Å². The molecule has 0 radical (unpaired) electrons. The molecule has 0 spiro atoms. The Morgan fingerprint density at radius 2 is 1.71 bits per heavy atom. The zero-order valence-corrected chi connectivity index (χ0v) is 18.9. The van der Waals surface area contributed by atoms with E-state index in [0.29, 0.717) is 22.4 Å². The molecule has 0 fully saturated rings. The maximum Gasteiger partial charge on any atom is 0.312 e. The first-order valence-corrected chi connectivity index (χ1v) is 11.0. The van der Waals surface area contributed by atoms with E-state index >= 15 is 0 Å². The van der Waals surface area contributed by atoms with Crippen molar-refractivity contribution in [3.8, 4) is 40.1 Å². The standard InChI is InChI=1S/C27H22O8/c1-13(2)33-21-6-4-3-5-15(21)16-10-24(32)34-23-12-20(31)26-19(30)11-22(35-27(26)25(16)23)14-7-8-17(28)18(29)9-14/h3-9,11-13,16,28-29,31H,10H2,1-2H3/t16-/m1/s1. The lowest BCUT2D eigenvalue weighted by atomic mass is 9.84. The van der Waals surface area contributed by atoms with Crippen LogP contribution in [0.15, 0.2) is 63.8 Å². The lowest BCUT2D eigenvalue weighted by Gasteiger charge is -2.27. The van der Waals surface area contributed by atoms with E-state index in [1.807, 2.05) is 32.0 Å². The first-order valence-electron chi connectivity index (χ1n) is 11.0. The van der Waals surface area contributed by atoms with Crippen LogP contribution in [0.1, 0.15) is 37.3 Å². The van der Waals surface area contributed by atoms with Crippen LogP contribution >= 0.6 is 0 Å². The van der Waals surface area contributed by atoms with Crippen LogP contribution in [0.3, 0.4) is 0 Å². The van der Waals surface area contributed by atoms with Gasteiger partial charge < -0.3 is 29.2 Å². The number of esters is 1. The monoisotopic (exact) mass is 474 g/mol. The van der Waals surface area contributed by atoms with Gasteiger partial charge in [-0.25, -0.2) is 0 Å². The zero-order chi connectivity index (χ0) is 24.9. The highest BCUT2D eigenvalue weighted by Crippen LogP contribution is 2.48. The average Bonchev–Trinajstić information content (AvgIpc) is 2.79.